The van der Waals surface area contributed by atoms with Crippen LogP contribution in [0.25, 0.3) is 0 Å². The van der Waals surface area contributed by atoms with E-state index in [2.05, 4.69) is 10.5 Å². The van der Waals surface area contributed by atoms with Crippen molar-refractivity contribution >= 4 is 23.1 Å². The van der Waals surface area contributed by atoms with Crippen LogP contribution in [0.5, 0.6) is 0 Å². The molecule has 21 heavy (non-hydrogen) atoms. The molecule has 0 amide bonds. The van der Waals surface area contributed by atoms with Gasteiger partial charge in [0.05, 0.1) is 11.7 Å². The molecular formula is C15H15ClFN3O. The Morgan fingerprint density at radius 2 is 2.00 bits per heavy atom. The number of nitrogens with zero attached hydrogens (tertiary/aromatic N) is 1. The van der Waals surface area contributed by atoms with Crippen molar-refractivity contribution in [3.8, 4) is 0 Å². The molecule has 0 aromatic heterocycles. The molecule has 1 atom stereocenters. The number of hydrogen-bond donors (Lipinski definition) is 3. The van der Waals surface area contributed by atoms with E-state index in [1.165, 1.54) is 18.2 Å². The van der Waals surface area contributed by atoms with E-state index < -0.39 is 5.82 Å². The van der Waals surface area contributed by atoms with E-state index in [0.717, 1.165) is 5.56 Å². The van der Waals surface area contributed by atoms with E-state index in [-0.39, 0.29) is 24.0 Å². The minimum absolute atomic E-state index is 0.0544. The molecule has 4 N–H and O–H groups in total. The second-order valence-electron chi connectivity index (χ2n) is 4.53. The zero-order chi connectivity index (χ0) is 15.2. The zero-order valence-corrected chi connectivity index (χ0v) is 11.9. The summed E-state index contributed by atoms with van der Waals surface area (Å²) in [4.78, 5) is 0. The third-order valence-electron chi connectivity index (χ3n) is 3.00. The SMILES string of the molecule is NC(CC(Nc1cc(Cl)ccc1F)c1ccccc1)=NO. The van der Waals surface area contributed by atoms with Gasteiger partial charge in [-0.05, 0) is 23.8 Å². The van der Waals surface area contributed by atoms with Crippen molar-refractivity contribution in [2.45, 2.75) is 12.5 Å². The minimum atomic E-state index is -0.417. The van der Waals surface area contributed by atoms with E-state index in [1.807, 2.05) is 30.3 Å². The summed E-state index contributed by atoms with van der Waals surface area (Å²) in [6.07, 6.45) is 0.229. The fraction of sp³-hybridized carbons (Fsp3) is 0.133. The van der Waals surface area contributed by atoms with Gasteiger partial charge in [0.25, 0.3) is 0 Å². The molecule has 0 fully saturated rings. The molecule has 2 aromatic rings. The van der Waals surface area contributed by atoms with Crippen LogP contribution in [0.15, 0.2) is 53.7 Å². The minimum Gasteiger partial charge on any atom is -0.409 e. The van der Waals surface area contributed by atoms with Crippen LogP contribution < -0.4 is 11.1 Å². The Kier molecular flexibility index (Phi) is 5.00. The van der Waals surface area contributed by atoms with Gasteiger partial charge in [-0.1, -0.05) is 47.1 Å². The van der Waals surface area contributed by atoms with Crippen molar-refractivity contribution in [1.82, 2.24) is 0 Å². The van der Waals surface area contributed by atoms with E-state index in [0.29, 0.717) is 5.02 Å². The molecule has 0 aliphatic heterocycles. The molecule has 0 bridgehead atoms. The van der Waals surface area contributed by atoms with Gasteiger partial charge in [0.2, 0.25) is 0 Å². The van der Waals surface area contributed by atoms with Crippen LogP contribution >= 0.6 is 11.6 Å². The van der Waals surface area contributed by atoms with E-state index in [1.54, 1.807) is 0 Å². The van der Waals surface area contributed by atoms with Crippen LogP contribution in [-0.4, -0.2) is 11.0 Å². The number of nitrogens with two attached hydrogens (primary N) is 1. The Balaban J connectivity index is 2.29. The summed E-state index contributed by atoms with van der Waals surface area (Å²) >= 11 is 5.88. The van der Waals surface area contributed by atoms with Gasteiger partial charge in [-0.15, -0.1) is 0 Å². The lowest BCUT2D eigenvalue weighted by Gasteiger charge is -2.20. The van der Waals surface area contributed by atoms with E-state index >= 15 is 0 Å². The van der Waals surface area contributed by atoms with Crippen LogP contribution in [0, 0.1) is 5.82 Å². The quantitative estimate of drug-likeness (QED) is 0.341. The van der Waals surface area contributed by atoms with Crippen LogP contribution in [0.4, 0.5) is 10.1 Å². The van der Waals surface area contributed by atoms with Crippen molar-refractivity contribution in [3.63, 3.8) is 0 Å². The molecule has 0 spiro atoms. The molecule has 0 saturated heterocycles. The van der Waals surface area contributed by atoms with Crippen molar-refractivity contribution in [3.05, 3.63) is 64.9 Å². The molecule has 6 heteroatoms. The molecule has 0 radical (unpaired) electrons. The highest BCUT2D eigenvalue weighted by Gasteiger charge is 2.15. The van der Waals surface area contributed by atoms with Gasteiger partial charge in [-0.3, -0.25) is 0 Å². The van der Waals surface area contributed by atoms with Crippen LogP contribution in [-0.2, 0) is 0 Å². The molecule has 0 saturated carbocycles. The number of benzene rings is 2. The third kappa shape index (κ3) is 4.10. The van der Waals surface area contributed by atoms with Crippen LogP contribution in [0.2, 0.25) is 5.02 Å². The van der Waals surface area contributed by atoms with Gasteiger partial charge >= 0.3 is 0 Å². The van der Waals surface area contributed by atoms with Gasteiger partial charge in [-0.25, -0.2) is 4.39 Å². The summed E-state index contributed by atoms with van der Waals surface area (Å²) in [5, 5.41) is 15.2. The third-order valence-corrected chi connectivity index (χ3v) is 3.24. The molecule has 0 aliphatic rings. The maximum atomic E-state index is 13.8. The van der Waals surface area contributed by atoms with Crippen LogP contribution in [0.3, 0.4) is 0 Å². The smallest absolute Gasteiger partial charge is 0.146 e. The molecule has 2 rings (SSSR count). The molecule has 4 nitrogen and oxygen atoms in total. The Labute approximate surface area is 127 Å². The predicted octanol–water partition coefficient (Wildman–Crippen LogP) is 3.77. The second-order valence-corrected chi connectivity index (χ2v) is 4.96. The highest BCUT2D eigenvalue weighted by Crippen LogP contribution is 2.26. The molecular weight excluding hydrogens is 293 g/mol. The standard InChI is InChI=1S/C15H15ClFN3O/c16-11-6-7-12(17)14(8-11)19-13(9-15(18)20-21)10-4-2-1-3-5-10/h1-8,13,19,21H,9H2,(H2,18,20). The summed E-state index contributed by atoms with van der Waals surface area (Å²) in [5.74, 6) is -0.362. The van der Waals surface area contributed by atoms with Crippen molar-refractivity contribution < 1.29 is 9.60 Å². The summed E-state index contributed by atoms with van der Waals surface area (Å²) in [5.41, 5.74) is 6.73. The Hall–Kier alpha value is -2.27. The number of halogens is 2. The number of amidine groups is 1. The van der Waals surface area contributed by atoms with Gasteiger partial charge in [-0.2, -0.15) is 0 Å². The number of anilines is 1. The average Bonchev–Trinajstić information content (AvgIpc) is 2.51. The first kappa shape index (κ1) is 15.1. The van der Waals surface area contributed by atoms with Gasteiger partial charge in [0.1, 0.15) is 11.7 Å². The van der Waals surface area contributed by atoms with Crippen molar-refractivity contribution in [2.75, 3.05) is 5.32 Å². The Morgan fingerprint density at radius 3 is 2.67 bits per heavy atom. The fourth-order valence-electron chi connectivity index (χ4n) is 1.98. The Morgan fingerprint density at radius 1 is 1.29 bits per heavy atom. The average molecular weight is 308 g/mol. The summed E-state index contributed by atoms with van der Waals surface area (Å²) in [6, 6.07) is 13.3. The van der Waals surface area contributed by atoms with Gasteiger partial charge in [0.15, 0.2) is 0 Å². The van der Waals surface area contributed by atoms with E-state index in [4.69, 9.17) is 22.5 Å². The summed E-state index contributed by atoms with van der Waals surface area (Å²) < 4.78 is 13.8. The second kappa shape index (κ2) is 6.95. The maximum Gasteiger partial charge on any atom is 0.146 e. The Bertz CT molecular complexity index is 634. The number of nitrogens with one attached hydrogen (secondary N) is 1. The lowest BCUT2D eigenvalue weighted by Crippen LogP contribution is -2.21. The molecule has 110 valence electrons. The molecule has 0 heterocycles. The van der Waals surface area contributed by atoms with Gasteiger partial charge < -0.3 is 16.3 Å². The first-order valence-electron chi connectivity index (χ1n) is 6.33. The van der Waals surface area contributed by atoms with Crippen molar-refractivity contribution in [2.24, 2.45) is 10.9 Å². The molecule has 2 aromatic carbocycles. The largest absolute Gasteiger partial charge is 0.409 e. The summed E-state index contributed by atoms with van der Waals surface area (Å²) in [6.45, 7) is 0. The maximum absolute atomic E-state index is 13.8. The van der Waals surface area contributed by atoms with Crippen molar-refractivity contribution in [1.29, 1.82) is 0 Å². The fourth-order valence-corrected chi connectivity index (χ4v) is 2.16. The highest BCUT2D eigenvalue weighted by molar-refractivity contribution is 6.30. The summed E-state index contributed by atoms with van der Waals surface area (Å²) in [7, 11) is 0. The first-order chi connectivity index (χ1) is 10.1. The lowest BCUT2D eigenvalue weighted by molar-refractivity contribution is 0.316. The number of rotatable bonds is 5. The number of oxime groups is 1. The lowest BCUT2D eigenvalue weighted by atomic mass is 10.0. The monoisotopic (exact) mass is 307 g/mol. The molecule has 0 aliphatic carbocycles. The van der Waals surface area contributed by atoms with Gasteiger partial charge in [0, 0.05) is 11.4 Å². The van der Waals surface area contributed by atoms with E-state index in [9.17, 15) is 4.39 Å². The zero-order valence-electron chi connectivity index (χ0n) is 11.1. The normalized spacial score (nSPS) is 13.0. The molecule has 1 unspecified atom stereocenters. The number of hydrogen-bond acceptors (Lipinski definition) is 3. The highest BCUT2D eigenvalue weighted by atomic mass is 35.5. The first-order valence-corrected chi connectivity index (χ1v) is 6.71. The predicted molar refractivity (Wildman–Crippen MR) is 82.2 cm³/mol. The topological polar surface area (TPSA) is 70.6 Å². The van der Waals surface area contributed by atoms with Crippen LogP contribution in [0.1, 0.15) is 18.0 Å².